The second kappa shape index (κ2) is 16.3. The zero-order valence-corrected chi connectivity index (χ0v) is 19.6. The second-order valence-corrected chi connectivity index (χ2v) is 8.01. The number of likely N-dealkylation sites (tertiary alicyclic amines) is 1. The molecule has 176 valence electrons. The van der Waals surface area contributed by atoms with Gasteiger partial charge in [0.05, 0.1) is 0 Å². The SMILES string of the molecule is CO.Clc1ccc(CCCN2CCCC2)cc1.NC(=O)CCCC(=O)c1ccc(O)cc1. The van der Waals surface area contributed by atoms with Crippen LogP contribution < -0.4 is 5.73 Å². The van der Waals surface area contributed by atoms with E-state index in [1.54, 1.807) is 12.1 Å². The van der Waals surface area contributed by atoms with Gasteiger partial charge in [-0.1, -0.05) is 23.7 Å². The molecule has 3 rings (SSSR count). The van der Waals surface area contributed by atoms with Gasteiger partial charge >= 0.3 is 0 Å². The number of aryl methyl sites for hydroxylation is 1. The number of rotatable bonds is 9. The Morgan fingerprint density at radius 3 is 2.09 bits per heavy atom. The standard InChI is InChI=1S/C13H18ClN.C11H13NO3.CH4O/c14-13-7-5-12(6-8-13)4-3-11-15-9-1-2-10-15;12-11(15)3-1-2-10(14)8-4-6-9(13)7-5-8;1-2/h5-8H,1-4,9-11H2;4-7,13H,1-3H2,(H2,12,15);2H,1H3. The van der Waals surface area contributed by atoms with Gasteiger partial charge in [0.2, 0.25) is 5.91 Å². The summed E-state index contributed by atoms with van der Waals surface area (Å²) in [7, 11) is 1.00. The number of ketones is 1. The highest BCUT2D eigenvalue weighted by Gasteiger charge is 2.10. The summed E-state index contributed by atoms with van der Waals surface area (Å²) in [5, 5.41) is 16.8. The van der Waals surface area contributed by atoms with E-state index in [0.29, 0.717) is 18.4 Å². The third-order valence-electron chi connectivity index (χ3n) is 5.07. The molecular formula is C25H35ClN2O4. The lowest BCUT2D eigenvalue weighted by atomic mass is 10.1. The van der Waals surface area contributed by atoms with E-state index >= 15 is 0 Å². The maximum atomic E-state index is 11.5. The van der Waals surface area contributed by atoms with Gasteiger partial charge in [-0.2, -0.15) is 0 Å². The molecule has 0 bridgehead atoms. The summed E-state index contributed by atoms with van der Waals surface area (Å²) in [6, 6.07) is 14.3. The summed E-state index contributed by atoms with van der Waals surface area (Å²) in [5.74, 6) is -0.312. The Balaban J connectivity index is 0.000000297. The van der Waals surface area contributed by atoms with Crippen molar-refractivity contribution in [2.45, 2.75) is 44.9 Å². The molecule has 1 heterocycles. The van der Waals surface area contributed by atoms with Gasteiger partial charge in [0, 0.05) is 30.5 Å². The average Bonchev–Trinajstić information content (AvgIpc) is 3.31. The minimum Gasteiger partial charge on any atom is -0.508 e. The van der Waals surface area contributed by atoms with Gasteiger partial charge in [-0.25, -0.2) is 0 Å². The van der Waals surface area contributed by atoms with E-state index in [1.807, 2.05) is 12.1 Å². The molecule has 0 radical (unpaired) electrons. The first kappa shape index (κ1) is 27.6. The van der Waals surface area contributed by atoms with E-state index in [1.165, 1.54) is 63.0 Å². The molecule has 0 aromatic heterocycles. The predicted molar refractivity (Wildman–Crippen MR) is 129 cm³/mol. The molecule has 2 aromatic rings. The van der Waals surface area contributed by atoms with Crippen LogP contribution in [0.1, 0.15) is 54.4 Å². The molecule has 0 saturated carbocycles. The quantitative estimate of drug-likeness (QED) is 0.484. The Kier molecular flexibility index (Phi) is 14.0. The molecule has 1 aliphatic rings. The van der Waals surface area contributed by atoms with Crippen molar-refractivity contribution in [2.75, 3.05) is 26.7 Å². The van der Waals surface area contributed by atoms with Crippen LogP contribution in [0.5, 0.6) is 5.75 Å². The summed E-state index contributed by atoms with van der Waals surface area (Å²) in [6.45, 7) is 3.86. The number of amides is 1. The average molecular weight is 463 g/mol. The third kappa shape index (κ3) is 11.8. The Labute approximate surface area is 196 Å². The fourth-order valence-electron chi connectivity index (χ4n) is 3.38. The van der Waals surface area contributed by atoms with Crippen molar-refractivity contribution in [3.63, 3.8) is 0 Å². The zero-order valence-electron chi connectivity index (χ0n) is 18.8. The number of benzene rings is 2. The Hall–Kier alpha value is -2.41. The number of hydrogen-bond acceptors (Lipinski definition) is 5. The topological polar surface area (TPSA) is 104 Å². The predicted octanol–water partition coefficient (Wildman–Crippen LogP) is 4.21. The summed E-state index contributed by atoms with van der Waals surface area (Å²) in [4.78, 5) is 24.5. The molecule has 6 nitrogen and oxygen atoms in total. The number of phenolic OH excluding ortho intramolecular Hbond substituents is 1. The Morgan fingerprint density at radius 1 is 0.938 bits per heavy atom. The molecule has 1 fully saturated rings. The summed E-state index contributed by atoms with van der Waals surface area (Å²) in [6.07, 6.45) is 6.21. The van der Waals surface area contributed by atoms with E-state index in [4.69, 9.17) is 27.5 Å². The van der Waals surface area contributed by atoms with Crippen LogP contribution in [0.2, 0.25) is 5.02 Å². The van der Waals surface area contributed by atoms with E-state index in [9.17, 15) is 9.59 Å². The van der Waals surface area contributed by atoms with Crippen LogP contribution in [0, 0.1) is 0 Å². The molecule has 32 heavy (non-hydrogen) atoms. The largest absolute Gasteiger partial charge is 0.508 e. The van der Waals surface area contributed by atoms with Crippen LogP contribution in [-0.4, -0.2) is 53.5 Å². The van der Waals surface area contributed by atoms with Crippen molar-refractivity contribution in [3.05, 3.63) is 64.7 Å². The maximum Gasteiger partial charge on any atom is 0.217 e. The molecule has 4 N–H and O–H groups in total. The summed E-state index contributed by atoms with van der Waals surface area (Å²) < 4.78 is 0. The van der Waals surface area contributed by atoms with Crippen molar-refractivity contribution in [2.24, 2.45) is 5.73 Å². The molecule has 0 unspecified atom stereocenters. The number of primary amides is 1. The van der Waals surface area contributed by atoms with Gasteiger partial charge in [-0.15, -0.1) is 0 Å². The first-order valence-electron chi connectivity index (χ1n) is 11.0. The van der Waals surface area contributed by atoms with Crippen molar-refractivity contribution in [1.29, 1.82) is 0 Å². The van der Waals surface area contributed by atoms with Gasteiger partial charge in [0.25, 0.3) is 0 Å². The fraction of sp³-hybridized carbons (Fsp3) is 0.440. The number of carbonyl (C=O) groups is 2. The highest BCUT2D eigenvalue weighted by molar-refractivity contribution is 6.30. The minimum atomic E-state index is -0.395. The molecule has 1 aliphatic heterocycles. The smallest absolute Gasteiger partial charge is 0.217 e. The highest BCUT2D eigenvalue weighted by Crippen LogP contribution is 2.13. The number of hydrogen-bond donors (Lipinski definition) is 3. The maximum absolute atomic E-state index is 11.5. The molecule has 2 aromatic carbocycles. The first-order valence-corrected chi connectivity index (χ1v) is 11.3. The highest BCUT2D eigenvalue weighted by atomic mass is 35.5. The van der Waals surface area contributed by atoms with Crippen LogP contribution in [0.25, 0.3) is 0 Å². The van der Waals surface area contributed by atoms with Crippen molar-refractivity contribution >= 4 is 23.3 Å². The van der Waals surface area contributed by atoms with Crippen molar-refractivity contribution in [3.8, 4) is 5.75 Å². The molecule has 0 aliphatic carbocycles. The number of carbonyl (C=O) groups excluding carboxylic acids is 2. The molecule has 0 atom stereocenters. The van der Waals surface area contributed by atoms with Crippen LogP contribution >= 0.6 is 11.6 Å². The van der Waals surface area contributed by atoms with E-state index in [2.05, 4.69) is 17.0 Å². The van der Waals surface area contributed by atoms with Crippen molar-refractivity contribution in [1.82, 2.24) is 4.90 Å². The lowest BCUT2D eigenvalue weighted by Gasteiger charge is -2.13. The Morgan fingerprint density at radius 2 is 1.53 bits per heavy atom. The van der Waals surface area contributed by atoms with Gasteiger partial charge in [-0.05, 0) is 93.7 Å². The number of phenols is 1. The van der Waals surface area contributed by atoms with Crippen LogP contribution in [0.15, 0.2) is 48.5 Å². The lowest BCUT2D eigenvalue weighted by molar-refractivity contribution is -0.118. The molecular weight excluding hydrogens is 428 g/mol. The second-order valence-electron chi connectivity index (χ2n) is 7.57. The van der Waals surface area contributed by atoms with Gasteiger partial charge in [-0.3, -0.25) is 9.59 Å². The lowest BCUT2D eigenvalue weighted by Crippen LogP contribution is -2.20. The van der Waals surface area contributed by atoms with E-state index in [0.717, 1.165) is 12.1 Å². The van der Waals surface area contributed by atoms with Gasteiger partial charge < -0.3 is 20.8 Å². The molecule has 1 saturated heterocycles. The number of aliphatic hydroxyl groups excluding tert-OH is 1. The molecule has 7 heteroatoms. The van der Waals surface area contributed by atoms with Gasteiger partial charge in [0.1, 0.15) is 5.75 Å². The number of Topliss-reactive ketones (excluding diaryl/α,β-unsaturated/α-hetero) is 1. The zero-order chi connectivity index (χ0) is 23.8. The number of aromatic hydroxyl groups is 1. The number of aliphatic hydroxyl groups is 1. The fourth-order valence-corrected chi connectivity index (χ4v) is 3.50. The van der Waals surface area contributed by atoms with Crippen LogP contribution in [-0.2, 0) is 11.2 Å². The Bertz CT molecular complexity index is 789. The molecule has 1 amide bonds. The minimum absolute atomic E-state index is 0.0451. The monoisotopic (exact) mass is 462 g/mol. The van der Waals surface area contributed by atoms with E-state index < -0.39 is 5.91 Å². The first-order chi connectivity index (χ1) is 15.4. The van der Waals surface area contributed by atoms with Crippen molar-refractivity contribution < 1.29 is 19.8 Å². The van der Waals surface area contributed by atoms with Crippen LogP contribution in [0.3, 0.4) is 0 Å². The normalized spacial score (nSPS) is 12.8. The number of nitrogens with zero attached hydrogens (tertiary/aromatic N) is 1. The number of nitrogens with two attached hydrogens (primary N) is 1. The van der Waals surface area contributed by atoms with Crippen LogP contribution in [0.4, 0.5) is 0 Å². The summed E-state index contributed by atoms with van der Waals surface area (Å²) in [5.41, 5.74) is 6.89. The summed E-state index contributed by atoms with van der Waals surface area (Å²) >= 11 is 5.84. The number of halogens is 1. The third-order valence-corrected chi connectivity index (χ3v) is 5.32. The van der Waals surface area contributed by atoms with Gasteiger partial charge in [0.15, 0.2) is 5.78 Å². The molecule has 0 spiro atoms. The van der Waals surface area contributed by atoms with E-state index in [-0.39, 0.29) is 18.0 Å².